The number of nitrogens with zero attached hydrogens (tertiary/aromatic N) is 5. The van der Waals surface area contributed by atoms with Crippen LogP contribution in [0.15, 0.2) is 49.5 Å². The van der Waals surface area contributed by atoms with Crippen LogP contribution >= 0.6 is 11.8 Å². The molecule has 0 aliphatic heterocycles. The molecule has 0 saturated heterocycles. The number of aromatic nitrogens is 4. The van der Waals surface area contributed by atoms with Gasteiger partial charge >= 0.3 is 5.82 Å². The predicted molar refractivity (Wildman–Crippen MR) is 67.1 cm³/mol. The van der Waals surface area contributed by atoms with E-state index in [0.717, 1.165) is 11.8 Å². The second-order valence-electron chi connectivity index (χ2n) is 3.86. The van der Waals surface area contributed by atoms with Gasteiger partial charge in [0.15, 0.2) is 0 Å². The van der Waals surface area contributed by atoms with Gasteiger partial charge in [-0.15, -0.1) is 5.16 Å². The average Bonchev–Trinajstić information content (AvgIpc) is 3.03. The van der Waals surface area contributed by atoms with E-state index in [4.69, 9.17) is 0 Å². The van der Waals surface area contributed by atoms with Crippen LogP contribution < -0.4 is 9.81 Å². The quantitative estimate of drug-likeness (QED) is 0.383. The van der Waals surface area contributed by atoms with E-state index in [0.29, 0.717) is 4.90 Å². The number of rotatable bonds is 4. The minimum atomic E-state index is -1.03. The summed E-state index contributed by atoms with van der Waals surface area (Å²) in [7, 11) is 0. The summed E-state index contributed by atoms with van der Waals surface area (Å²) in [5.41, 5.74) is -0.936. The van der Waals surface area contributed by atoms with E-state index in [2.05, 4.69) is 19.6 Å². The van der Waals surface area contributed by atoms with Gasteiger partial charge in [-0.05, 0) is 28.8 Å². The topological polar surface area (TPSA) is 149 Å². The van der Waals surface area contributed by atoms with Crippen molar-refractivity contribution < 1.29 is 24.0 Å². The molecule has 1 aromatic carbocycles. The van der Waals surface area contributed by atoms with E-state index in [1.165, 1.54) is 0 Å². The Bertz CT molecular complexity index is 832. The van der Waals surface area contributed by atoms with Crippen LogP contribution in [0.4, 0.5) is 5.82 Å². The fraction of sp³-hybridized carbons (Fsp3) is 0. The third-order valence-electron chi connectivity index (χ3n) is 2.53. The molecule has 0 fully saturated rings. The van der Waals surface area contributed by atoms with Crippen molar-refractivity contribution >= 4 is 17.6 Å². The summed E-state index contributed by atoms with van der Waals surface area (Å²) in [4.78, 5) is 10.1. The SMILES string of the molecule is O=[N+]([O-])c1c(-c2c(Sc3ccccc3)no[n+]2[O-])no[n+]1[O-]. The molecule has 22 heavy (non-hydrogen) atoms. The Balaban J connectivity index is 2.09. The van der Waals surface area contributed by atoms with E-state index < -0.39 is 21.3 Å². The van der Waals surface area contributed by atoms with Crippen molar-refractivity contribution in [2.24, 2.45) is 0 Å². The summed E-state index contributed by atoms with van der Waals surface area (Å²) in [6, 6.07) is 8.80. The first-order valence-electron chi connectivity index (χ1n) is 5.65. The predicted octanol–water partition coefficient (Wildman–Crippen LogP) is 0.656. The molecule has 0 spiro atoms. The lowest BCUT2D eigenvalue weighted by Crippen LogP contribution is -2.28. The van der Waals surface area contributed by atoms with Gasteiger partial charge in [0.2, 0.25) is 0 Å². The van der Waals surface area contributed by atoms with Gasteiger partial charge in [0.05, 0.1) is 5.16 Å². The first-order valence-corrected chi connectivity index (χ1v) is 6.46. The number of hydrogen-bond donors (Lipinski definition) is 0. The van der Waals surface area contributed by atoms with Crippen LogP contribution in [0.1, 0.15) is 0 Å². The van der Waals surface area contributed by atoms with Gasteiger partial charge in [-0.3, -0.25) is 24.6 Å². The molecule has 112 valence electrons. The Morgan fingerprint density at radius 1 is 1.09 bits per heavy atom. The fourth-order valence-corrected chi connectivity index (χ4v) is 2.49. The second-order valence-corrected chi connectivity index (χ2v) is 4.92. The molecule has 0 bridgehead atoms. The zero-order valence-corrected chi connectivity index (χ0v) is 11.3. The molecule has 0 N–H and O–H groups in total. The third kappa shape index (κ3) is 2.31. The maximum Gasteiger partial charge on any atom is 0.591 e. The van der Waals surface area contributed by atoms with Crippen LogP contribution in [-0.4, -0.2) is 15.2 Å². The number of hydrogen-bond acceptors (Lipinski definition) is 9. The van der Waals surface area contributed by atoms with Gasteiger partial charge in [0, 0.05) is 4.90 Å². The van der Waals surface area contributed by atoms with Gasteiger partial charge in [0.25, 0.3) is 16.4 Å². The van der Waals surface area contributed by atoms with Crippen molar-refractivity contribution in [3.8, 4) is 11.4 Å². The largest absolute Gasteiger partial charge is 0.591 e. The molecular formula is C10H5N5O6S. The highest BCUT2D eigenvalue weighted by Gasteiger charge is 2.40. The maximum atomic E-state index is 11.7. The van der Waals surface area contributed by atoms with E-state index in [1.807, 2.05) is 0 Å². The summed E-state index contributed by atoms with van der Waals surface area (Å²) in [5.74, 6) is -1.03. The lowest BCUT2D eigenvalue weighted by Gasteiger charge is -1.94. The Labute approximate surface area is 125 Å². The lowest BCUT2D eigenvalue weighted by molar-refractivity contribution is -0.825. The van der Waals surface area contributed by atoms with Crippen LogP contribution in [0.25, 0.3) is 11.4 Å². The van der Waals surface area contributed by atoms with Crippen LogP contribution in [0.3, 0.4) is 0 Å². The Morgan fingerprint density at radius 3 is 2.45 bits per heavy atom. The third-order valence-corrected chi connectivity index (χ3v) is 3.50. The van der Waals surface area contributed by atoms with Crippen LogP contribution in [0, 0.1) is 20.5 Å². The number of nitro groups is 1. The lowest BCUT2D eigenvalue weighted by atomic mass is 10.3. The van der Waals surface area contributed by atoms with Crippen LogP contribution in [0.2, 0.25) is 0 Å². The zero-order valence-electron chi connectivity index (χ0n) is 10.5. The van der Waals surface area contributed by atoms with Gasteiger partial charge in [0.1, 0.15) is 9.83 Å². The molecule has 2 heterocycles. The zero-order chi connectivity index (χ0) is 15.7. The molecule has 0 aliphatic rings. The molecule has 0 amide bonds. The fourth-order valence-electron chi connectivity index (χ4n) is 1.64. The van der Waals surface area contributed by atoms with Crippen molar-refractivity contribution in [2.75, 3.05) is 0 Å². The minimum Gasteiger partial charge on any atom is -0.359 e. The molecular weight excluding hydrogens is 318 g/mol. The van der Waals surface area contributed by atoms with Gasteiger partial charge in [-0.2, -0.15) is 0 Å². The maximum absolute atomic E-state index is 11.7. The van der Waals surface area contributed by atoms with Crippen molar-refractivity contribution in [2.45, 2.75) is 9.92 Å². The molecule has 12 heteroatoms. The van der Waals surface area contributed by atoms with E-state index >= 15 is 0 Å². The molecule has 2 aromatic heterocycles. The molecule has 0 atom stereocenters. The van der Waals surface area contributed by atoms with E-state index in [1.54, 1.807) is 30.3 Å². The average molecular weight is 323 g/mol. The molecule has 11 nitrogen and oxygen atoms in total. The minimum absolute atomic E-state index is 0.0122. The van der Waals surface area contributed by atoms with Crippen molar-refractivity contribution in [3.05, 3.63) is 50.9 Å². The van der Waals surface area contributed by atoms with Gasteiger partial charge in [-0.1, -0.05) is 18.2 Å². The van der Waals surface area contributed by atoms with E-state index in [9.17, 15) is 20.5 Å². The summed E-state index contributed by atoms with van der Waals surface area (Å²) in [6.45, 7) is 0. The van der Waals surface area contributed by atoms with Crippen molar-refractivity contribution in [1.82, 2.24) is 10.3 Å². The first kappa shape index (κ1) is 13.8. The summed E-state index contributed by atoms with van der Waals surface area (Å²) in [5, 5.41) is 40.6. The summed E-state index contributed by atoms with van der Waals surface area (Å²) in [6.07, 6.45) is 0. The standard InChI is InChI=1S/C10H5N5O6S/c16-13(17)10-7(11-20-15(10)19)8-9(12-21-14(8)18)22-6-4-2-1-3-5-6/h1-5H. The molecule has 3 rings (SSSR count). The normalized spacial score (nSPS) is 10.7. The smallest absolute Gasteiger partial charge is 0.359 e. The molecule has 0 saturated carbocycles. The van der Waals surface area contributed by atoms with Crippen molar-refractivity contribution in [3.63, 3.8) is 0 Å². The van der Waals surface area contributed by atoms with Gasteiger partial charge < -0.3 is 5.21 Å². The van der Waals surface area contributed by atoms with Gasteiger partial charge in [-0.25, -0.2) is 0 Å². The number of benzene rings is 1. The van der Waals surface area contributed by atoms with Crippen molar-refractivity contribution in [1.29, 1.82) is 0 Å². The molecule has 0 aliphatic carbocycles. The summed E-state index contributed by atoms with van der Waals surface area (Å²) < 4.78 is 8.62. The second kappa shape index (κ2) is 5.33. The Kier molecular flexibility index (Phi) is 3.34. The first-order chi connectivity index (χ1) is 10.6. The van der Waals surface area contributed by atoms with Crippen LogP contribution in [0.5, 0.6) is 0 Å². The molecule has 3 aromatic rings. The summed E-state index contributed by atoms with van der Waals surface area (Å²) >= 11 is 1.02. The Hall–Kier alpha value is -3.15. The highest BCUT2D eigenvalue weighted by molar-refractivity contribution is 7.99. The van der Waals surface area contributed by atoms with E-state index in [-0.39, 0.29) is 15.6 Å². The highest BCUT2D eigenvalue weighted by atomic mass is 32.2. The Morgan fingerprint density at radius 2 is 1.77 bits per heavy atom. The monoisotopic (exact) mass is 323 g/mol. The highest BCUT2D eigenvalue weighted by Crippen LogP contribution is 2.34. The molecule has 0 radical (unpaired) electrons. The molecule has 0 unspecified atom stereocenters. The van der Waals surface area contributed by atoms with Crippen LogP contribution in [-0.2, 0) is 0 Å².